The maximum atomic E-state index is 12.2. The molecule has 0 fully saturated rings. The summed E-state index contributed by atoms with van der Waals surface area (Å²) in [5, 5.41) is 7.21. The Morgan fingerprint density at radius 3 is 2.78 bits per heavy atom. The molecule has 3 aromatic rings. The zero-order valence-corrected chi connectivity index (χ0v) is 15.6. The summed E-state index contributed by atoms with van der Waals surface area (Å²) < 4.78 is 7.44. The molecule has 1 aromatic heterocycles. The Hall–Kier alpha value is -3.28. The predicted octanol–water partition coefficient (Wildman–Crippen LogP) is 3.40. The second kappa shape index (κ2) is 8.89. The minimum absolute atomic E-state index is 0.143. The van der Waals surface area contributed by atoms with Crippen LogP contribution >= 0.6 is 0 Å². The highest BCUT2D eigenvalue weighted by atomic mass is 16.5. The van der Waals surface area contributed by atoms with E-state index in [1.165, 1.54) is 0 Å². The van der Waals surface area contributed by atoms with E-state index in [1.807, 2.05) is 67.7 Å². The number of ether oxygens (including phenoxy) is 1. The van der Waals surface area contributed by atoms with Crippen LogP contribution in [0.25, 0.3) is 5.69 Å². The van der Waals surface area contributed by atoms with Crippen molar-refractivity contribution in [1.29, 1.82) is 0 Å². The summed E-state index contributed by atoms with van der Waals surface area (Å²) in [4.78, 5) is 13.8. The smallest absolute Gasteiger partial charge is 0.317 e. The van der Waals surface area contributed by atoms with Crippen LogP contribution in [0.15, 0.2) is 67.0 Å². The highest BCUT2D eigenvalue weighted by molar-refractivity contribution is 5.73. The van der Waals surface area contributed by atoms with Gasteiger partial charge in [0.2, 0.25) is 0 Å². The van der Waals surface area contributed by atoms with Gasteiger partial charge in [0.05, 0.1) is 25.0 Å². The fraction of sp³-hybridized carbons (Fsp3) is 0.238. The maximum Gasteiger partial charge on any atom is 0.317 e. The van der Waals surface area contributed by atoms with Gasteiger partial charge in [-0.2, -0.15) is 5.10 Å². The quantitative estimate of drug-likeness (QED) is 0.654. The topological polar surface area (TPSA) is 59.4 Å². The van der Waals surface area contributed by atoms with Crippen LogP contribution in [-0.2, 0) is 6.54 Å². The highest BCUT2D eigenvalue weighted by Gasteiger charge is 2.10. The molecule has 1 heterocycles. The van der Waals surface area contributed by atoms with E-state index in [4.69, 9.17) is 4.74 Å². The van der Waals surface area contributed by atoms with Crippen molar-refractivity contribution >= 4 is 6.03 Å². The average Bonchev–Trinajstić information content (AvgIpc) is 3.14. The number of rotatable bonds is 7. The Morgan fingerprint density at radius 2 is 2.00 bits per heavy atom. The molecule has 27 heavy (non-hydrogen) atoms. The Bertz CT molecular complexity index is 877. The van der Waals surface area contributed by atoms with Crippen molar-refractivity contribution in [1.82, 2.24) is 20.0 Å². The van der Waals surface area contributed by atoms with Crippen LogP contribution in [0.4, 0.5) is 4.79 Å². The van der Waals surface area contributed by atoms with E-state index in [0.717, 1.165) is 22.6 Å². The first-order chi connectivity index (χ1) is 13.1. The number of aromatic nitrogens is 2. The number of amides is 2. The zero-order chi connectivity index (χ0) is 19.1. The van der Waals surface area contributed by atoms with Crippen LogP contribution in [0.3, 0.4) is 0 Å². The molecule has 0 aliphatic rings. The summed E-state index contributed by atoms with van der Waals surface area (Å²) in [5.41, 5.74) is 3.10. The number of carbonyl (C=O) groups is 1. The summed E-state index contributed by atoms with van der Waals surface area (Å²) in [5.74, 6) is 0.811. The molecule has 0 saturated carbocycles. The lowest BCUT2D eigenvalue weighted by molar-refractivity contribution is 0.203. The maximum absolute atomic E-state index is 12.2. The Kier molecular flexibility index (Phi) is 6.10. The van der Waals surface area contributed by atoms with Gasteiger partial charge in [-0.05, 0) is 36.8 Å². The first kappa shape index (κ1) is 18.5. The van der Waals surface area contributed by atoms with Crippen LogP contribution in [0, 0.1) is 6.92 Å². The summed E-state index contributed by atoms with van der Waals surface area (Å²) >= 11 is 0. The number of benzene rings is 2. The molecule has 0 radical (unpaired) electrons. The third kappa shape index (κ3) is 5.34. The van der Waals surface area contributed by atoms with Crippen LogP contribution in [0.2, 0.25) is 0 Å². The van der Waals surface area contributed by atoms with Crippen molar-refractivity contribution in [2.24, 2.45) is 0 Å². The molecule has 2 aromatic carbocycles. The third-order valence-electron chi connectivity index (χ3n) is 4.06. The van der Waals surface area contributed by atoms with Crippen LogP contribution in [-0.4, -0.2) is 40.9 Å². The SMILES string of the molecule is Cc1cccc(OCCNC(=O)N(C)Cc2cnn(-c3ccccc3)c2)c1. The van der Waals surface area contributed by atoms with Crippen molar-refractivity contribution in [2.75, 3.05) is 20.2 Å². The molecular weight excluding hydrogens is 340 g/mol. The van der Waals surface area contributed by atoms with Gasteiger partial charge in [0, 0.05) is 18.8 Å². The molecule has 2 amide bonds. The fourth-order valence-electron chi connectivity index (χ4n) is 2.68. The molecule has 6 nitrogen and oxygen atoms in total. The number of hydrogen-bond donors (Lipinski definition) is 1. The van der Waals surface area contributed by atoms with E-state index in [2.05, 4.69) is 10.4 Å². The van der Waals surface area contributed by atoms with E-state index < -0.39 is 0 Å². The van der Waals surface area contributed by atoms with Crippen molar-refractivity contribution < 1.29 is 9.53 Å². The van der Waals surface area contributed by atoms with E-state index in [0.29, 0.717) is 19.7 Å². The average molecular weight is 364 g/mol. The van der Waals surface area contributed by atoms with Crippen LogP contribution < -0.4 is 10.1 Å². The van der Waals surface area contributed by atoms with Crippen LogP contribution in [0.5, 0.6) is 5.75 Å². The van der Waals surface area contributed by atoms with Gasteiger partial charge in [-0.3, -0.25) is 0 Å². The van der Waals surface area contributed by atoms with Gasteiger partial charge in [-0.1, -0.05) is 30.3 Å². The monoisotopic (exact) mass is 364 g/mol. The van der Waals surface area contributed by atoms with Crippen molar-refractivity contribution in [3.63, 3.8) is 0 Å². The normalized spacial score (nSPS) is 10.4. The number of para-hydroxylation sites is 1. The standard InChI is InChI=1S/C21H24N4O2/c1-17-7-6-10-20(13-17)27-12-11-22-21(26)24(2)15-18-14-23-25(16-18)19-8-4-3-5-9-19/h3-10,13-14,16H,11-12,15H2,1-2H3,(H,22,26). The molecule has 140 valence electrons. The summed E-state index contributed by atoms with van der Waals surface area (Å²) in [6, 6.07) is 17.6. The fourth-order valence-corrected chi connectivity index (χ4v) is 2.68. The van der Waals surface area contributed by atoms with E-state index >= 15 is 0 Å². The largest absolute Gasteiger partial charge is 0.492 e. The van der Waals surface area contributed by atoms with Gasteiger partial charge in [0.1, 0.15) is 12.4 Å². The number of urea groups is 1. The Balaban J connectivity index is 1.43. The number of aryl methyl sites for hydroxylation is 1. The number of nitrogens with one attached hydrogen (secondary N) is 1. The molecule has 0 bridgehead atoms. The first-order valence-corrected chi connectivity index (χ1v) is 8.89. The number of hydrogen-bond acceptors (Lipinski definition) is 3. The third-order valence-corrected chi connectivity index (χ3v) is 4.06. The minimum atomic E-state index is -0.143. The summed E-state index contributed by atoms with van der Waals surface area (Å²) in [6.45, 7) is 3.37. The van der Waals surface area contributed by atoms with Gasteiger partial charge in [0.15, 0.2) is 0 Å². The molecule has 0 spiro atoms. The van der Waals surface area contributed by atoms with Crippen molar-refractivity contribution in [3.8, 4) is 11.4 Å². The molecule has 0 aliphatic heterocycles. The molecule has 0 saturated heterocycles. The van der Waals surface area contributed by atoms with Gasteiger partial charge in [0.25, 0.3) is 0 Å². The van der Waals surface area contributed by atoms with Crippen molar-refractivity contribution in [2.45, 2.75) is 13.5 Å². The molecule has 3 rings (SSSR count). The van der Waals surface area contributed by atoms with Crippen molar-refractivity contribution in [3.05, 3.63) is 78.1 Å². The van der Waals surface area contributed by atoms with E-state index in [-0.39, 0.29) is 6.03 Å². The van der Waals surface area contributed by atoms with Gasteiger partial charge >= 0.3 is 6.03 Å². The first-order valence-electron chi connectivity index (χ1n) is 8.89. The molecule has 0 aliphatic carbocycles. The van der Waals surface area contributed by atoms with E-state index in [1.54, 1.807) is 22.8 Å². The van der Waals surface area contributed by atoms with Crippen LogP contribution in [0.1, 0.15) is 11.1 Å². The second-order valence-electron chi connectivity index (χ2n) is 6.38. The van der Waals surface area contributed by atoms with Gasteiger partial charge in [-0.15, -0.1) is 0 Å². The minimum Gasteiger partial charge on any atom is -0.492 e. The second-order valence-corrected chi connectivity index (χ2v) is 6.38. The Morgan fingerprint density at radius 1 is 1.19 bits per heavy atom. The number of nitrogens with zero attached hydrogens (tertiary/aromatic N) is 3. The van der Waals surface area contributed by atoms with Gasteiger partial charge < -0.3 is 15.0 Å². The number of carbonyl (C=O) groups excluding carboxylic acids is 1. The predicted molar refractivity (Wildman–Crippen MR) is 105 cm³/mol. The zero-order valence-electron chi connectivity index (χ0n) is 15.6. The van der Waals surface area contributed by atoms with Gasteiger partial charge in [-0.25, -0.2) is 9.48 Å². The lowest BCUT2D eigenvalue weighted by Crippen LogP contribution is -2.38. The molecular formula is C21H24N4O2. The lowest BCUT2D eigenvalue weighted by atomic mass is 10.2. The molecule has 0 atom stereocenters. The Labute approximate surface area is 159 Å². The summed E-state index contributed by atoms with van der Waals surface area (Å²) in [6.07, 6.45) is 3.71. The summed E-state index contributed by atoms with van der Waals surface area (Å²) in [7, 11) is 1.76. The lowest BCUT2D eigenvalue weighted by Gasteiger charge is -2.17. The molecule has 6 heteroatoms. The molecule has 1 N–H and O–H groups in total. The highest BCUT2D eigenvalue weighted by Crippen LogP contribution is 2.12. The van der Waals surface area contributed by atoms with E-state index in [9.17, 15) is 4.79 Å². The molecule has 0 unspecified atom stereocenters.